The Bertz CT molecular complexity index is 448. The molecule has 0 heterocycles. The first-order chi connectivity index (χ1) is 12.2. The zero-order valence-corrected chi connectivity index (χ0v) is 16.2. The summed E-state index contributed by atoms with van der Waals surface area (Å²) in [7, 11) is 0. The predicted octanol–water partition coefficient (Wildman–Crippen LogP) is 6.72. The first-order valence-electron chi connectivity index (χ1n) is 9.87. The minimum Gasteiger partial charge on any atom is -0.478 e. The maximum Gasteiger partial charge on any atom is 0.335 e. The summed E-state index contributed by atoms with van der Waals surface area (Å²) < 4.78 is 0. The molecule has 3 nitrogen and oxygen atoms in total. The highest BCUT2D eigenvalue weighted by Crippen LogP contribution is 2.13. The van der Waals surface area contributed by atoms with Crippen molar-refractivity contribution in [3.63, 3.8) is 0 Å². The van der Waals surface area contributed by atoms with Gasteiger partial charge in [0.25, 0.3) is 0 Å². The Morgan fingerprint density at radius 2 is 1.20 bits per heavy atom. The first kappa shape index (κ1) is 21.8. The normalized spacial score (nSPS) is 10.8. The summed E-state index contributed by atoms with van der Waals surface area (Å²) in [5, 5.41) is 12.2. The van der Waals surface area contributed by atoms with Crippen LogP contribution in [0.15, 0.2) is 24.3 Å². The fraction of sp³-hybridized carbons (Fsp3) is 0.667. The van der Waals surface area contributed by atoms with E-state index in [0.717, 1.165) is 18.1 Å². The molecular formula is C21H34ClNO2. The molecule has 0 aliphatic carbocycles. The molecule has 0 aliphatic rings. The number of hydrogen-bond acceptors (Lipinski definition) is 2. The largest absolute Gasteiger partial charge is 0.478 e. The maximum atomic E-state index is 10.8. The maximum absolute atomic E-state index is 10.8. The van der Waals surface area contributed by atoms with Crippen LogP contribution in [0.1, 0.15) is 87.4 Å². The highest BCUT2D eigenvalue weighted by atomic mass is 35.5. The number of carbonyl (C=O) groups is 1. The van der Waals surface area contributed by atoms with Crippen molar-refractivity contribution in [2.75, 3.05) is 17.7 Å². The standard InChI is InChI=1S/C21H34ClNO2/c22-17-11-9-7-5-3-1-2-4-6-8-10-12-18-23-20-15-13-19(14-16-20)21(24)25/h13-16,23H,1-12,17-18H2,(H,24,25). The van der Waals surface area contributed by atoms with Gasteiger partial charge in [0.15, 0.2) is 0 Å². The molecular weight excluding hydrogens is 334 g/mol. The predicted molar refractivity (Wildman–Crippen MR) is 108 cm³/mol. The molecule has 2 N–H and O–H groups in total. The van der Waals surface area contributed by atoms with Crippen LogP contribution in [0.4, 0.5) is 5.69 Å². The fourth-order valence-electron chi connectivity index (χ4n) is 2.95. The minimum atomic E-state index is -0.877. The van der Waals surface area contributed by atoms with Gasteiger partial charge >= 0.3 is 5.97 Å². The molecule has 1 aromatic carbocycles. The molecule has 0 aromatic heterocycles. The quantitative estimate of drug-likeness (QED) is 0.252. The summed E-state index contributed by atoms with van der Waals surface area (Å²) in [6.45, 7) is 0.953. The van der Waals surface area contributed by atoms with Gasteiger partial charge in [-0.3, -0.25) is 0 Å². The number of nitrogens with one attached hydrogen (secondary N) is 1. The summed E-state index contributed by atoms with van der Waals surface area (Å²) in [5.41, 5.74) is 1.33. The Hall–Kier alpha value is -1.22. The average molecular weight is 368 g/mol. The lowest BCUT2D eigenvalue weighted by Crippen LogP contribution is -2.02. The second-order valence-electron chi connectivity index (χ2n) is 6.74. The van der Waals surface area contributed by atoms with Gasteiger partial charge in [-0.15, -0.1) is 11.6 Å². The van der Waals surface area contributed by atoms with Crippen molar-refractivity contribution >= 4 is 23.3 Å². The molecule has 0 aliphatic heterocycles. The third kappa shape index (κ3) is 11.9. The number of anilines is 1. The van der Waals surface area contributed by atoms with Gasteiger partial charge in [-0.25, -0.2) is 4.79 Å². The number of carboxylic acids is 1. The number of aromatic carboxylic acids is 1. The molecule has 25 heavy (non-hydrogen) atoms. The Morgan fingerprint density at radius 3 is 1.64 bits per heavy atom. The van der Waals surface area contributed by atoms with Crippen molar-refractivity contribution in [1.29, 1.82) is 0 Å². The zero-order chi connectivity index (χ0) is 18.2. The molecule has 0 unspecified atom stereocenters. The molecule has 4 heteroatoms. The molecule has 0 radical (unpaired) electrons. The van der Waals surface area contributed by atoms with Crippen LogP contribution in [0.5, 0.6) is 0 Å². The molecule has 0 saturated carbocycles. The summed E-state index contributed by atoms with van der Waals surface area (Å²) in [4.78, 5) is 10.8. The van der Waals surface area contributed by atoms with Crippen molar-refractivity contribution in [2.45, 2.75) is 77.0 Å². The second kappa shape index (κ2) is 15.1. The molecule has 142 valence electrons. The van der Waals surface area contributed by atoms with Crippen molar-refractivity contribution in [3.05, 3.63) is 29.8 Å². The molecule has 0 bridgehead atoms. The van der Waals surface area contributed by atoms with E-state index in [-0.39, 0.29) is 0 Å². The highest BCUT2D eigenvalue weighted by molar-refractivity contribution is 6.17. The van der Waals surface area contributed by atoms with Gasteiger partial charge in [-0.2, -0.15) is 0 Å². The number of carboxylic acid groups (broad SMARTS) is 1. The van der Waals surface area contributed by atoms with Gasteiger partial charge in [0, 0.05) is 18.1 Å². The van der Waals surface area contributed by atoms with E-state index in [1.54, 1.807) is 12.1 Å². The SMILES string of the molecule is O=C(O)c1ccc(NCCCCCCCCCCCCCCCl)cc1. The Balaban J connectivity index is 1.85. The molecule has 0 fully saturated rings. The molecule has 0 amide bonds. The van der Waals surface area contributed by atoms with Crippen molar-refractivity contribution < 1.29 is 9.90 Å². The summed E-state index contributed by atoms with van der Waals surface area (Å²) in [5.74, 6) is -0.0649. The molecule has 1 aromatic rings. The summed E-state index contributed by atoms with van der Waals surface area (Å²) in [6, 6.07) is 6.95. The lowest BCUT2D eigenvalue weighted by atomic mass is 10.1. The molecule has 1 rings (SSSR count). The third-order valence-corrected chi connectivity index (χ3v) is 4.79. The van der Waals surface area contributed by atoms with E-state index in [4.69, 9.17) is 16.7 Å². The van der Waals surface area contributed by atoms with E-state index in [0.29, 0.717) is 5.56 Å². The number of halogens is 1. The average Bonchev–Trinajstić information content (AvgIpc) is 2.62. The smallest absolute Gasteiger partial charge is 0.335 e. The molecule has 0 atom stereocenters. The number of alkyl halides is 1. The minimum absolute atomic E-state index is 0.334. The highest BCUT2D eigenvalue weighted by Gasteiger charge is 2.01. The van der Waals surface area contributed by atoms with Crippen LogP contribution in [0.3, 0.4) is 0 Å². The van der Waals surface area contributed by atoms with Gasteiger partial charge < -0.3 is 10.4 Å². The van der Waals surface area contributed by atoms with E-state index in [1.807, 2.05) is 12.1 Å². The van der Waals surface area contributed by atoms with Crippen LogP contribution in [-0.4, -0.2) is 23.5 Å². The van der Waals surface area contributed by atoms with Crippen molar-refractivity contribution in [2.24, 2.45) is 0 Å². The van der Waals surface area contributed by atoms with Crippen LogP contribution in [-0.2, 0) is 0 Å². The molecule has 0 spiro atoms. The summed E-state index contributed by atoms with van der Waals surface area (Å²) in [6.07, 6.45) is 15.8. The Labute approximate surface area is 158 Å². The number of benzene rings is 1. The number of rotatable bonds is 16. The Morgan fingerprint density at radius 1 is 0.760 bits per heavy atom. The fourth-order valence-corrected chi connectivity index (χ4v) is 3.14. The zero-order valence-electron chi connectivity index (χ0n) is 15.4. The topological polar surface area (TPSA) is 49.3 Å². The monoisotopic (exact) mass is 367 g/mol. The van der Waals surface area contributed by atoms with Gasteiger partial charge in [0.1, 0.15) is 0 Å². The van der Waals surface area contributed by atoms with E-state index >= 15 is 0 Å². The van der Waals surface area contributed by atoms with Crippen LogP contribution in [0, 0.1) is 0 Å². The molecule has 0 saturated heterocycles. The number of unbranched alkanes of at least 4 members (excludes halogenated alkanes) is 11. The van der Waals surface area contributed by atoms with Crippen LogP contribution in [0.25, 0.3) is 0 Å². The summed E-state index contributed by atoms with van der Waals surface area (Å²) >= 11 is 5.67. The van der Waals surface area contributed by atoms with Crippen LogP contribution in [0.2, 0.25) is 0 Å². The van der Waals surface area contributed by atoms with E-state index in [2.05, 4.69) is 5.32 Å². The van der Waals surface area contributed by atoms with Gasteiger partial charge in [0.05, 0.1) is 5.56 Å². The van der Waals surface area contributed by atoms with Crippen LogP contribution < -0.4 is 5.32 Å². The van der Waals surface area contributed by atoms with Gasteiger partial charge in [-0.05, 0) is 37.1 Å². The van der Waals surface area contributed by atoms with E-state index in [1.165, 1.54) is 77.0 Å². The third-order valence-electron chi connectivity index (χ3n) is 4.52. The van der Waals surface area contributed by atoms with E-state index in [9.17, 15) is 4.79 Å². The van der Waals surface area contributed by atoms with Crippen LogP contribution >= 0.6 is 11.6 Å². The lowest BCUT2D eigenvalue weighted by Gasteiger charge is -2.07. The van der Waals surface area contributed by atoms with E-state index < -0.39 is 5.97 Å². The van der Waals surface area contributed by atoms with Gasteiger partial charge in [-0.1, -0.05) is 64.2 Å². The van der Waals surface area contributed by atoms with Crippen molar-refractivity contribution in [1.82, 2.24) is 0 Å². The second-order valence-corrected chi connectivity index (χ2v) is 7.12. The van der Waals surface area contributed by atoms with Crippen molar-refractivity contribution in [3.8, 4) is 0 Å². The van der Waals surface area contributed by atoms with Gasteiger partial charge in [0.2, 0.25) is 0 Å². The Kier molecular flexibility index (Phi) is 13.2. The number of hydrogen-bond donors (Lipinski definition) is 2. The lowest BCUT2D eigenvalue weighted by molar-refractivity contribution is 0.0697. The first-order valence-corrected chi connectivity index (χ1v) is 10.4.